The Kier molecular flexibility index (Phi) is 3.74. The van der Waals surface area contributed by atoms with Crippen molar-refractivity contribution in [3.05, 3.63) is 57.3 Å². The van der Waals surface area contributed by atoms with Crippen LogP contribution >= 0.6 is 0 Å². The first-order valence-electron chi connectivity index (χ1n) is 5.92. The second-order valence-electron chi connectivity index (χ2n) is 4.43. The van der Waals surface area contributed by atoms with Gasteiger partial charge in [-0.15, -0.1) is 0 Å². The number of aromatic nitrogens is 1. The fourth-order valence-corrected chi connectivity index (χ4v) is 1.75. The first-order valence-corrected chi connectivity index (χ1v) is 5.92. The van der Waals surface area contributed by atoms with Crippen molar-refractivity contribution in [1.82, 2.24) is 4.98 Å². The van der Waals surface area contributed by atoms with Crippen LogP contribution in [0.25, 0.3) is 0 Å². The lowest BCUT2D eigenvalue weighted by Crippen LogP contribution is -1.93. The normalized spacial score (nSPS) is 10.9. The number of nitrogens with zero attached hydrogens (tertiary/aromatic N) is 3. The second-order valence-corrected chi connectivity index (χ2v) is 4.43. The molecule has 0 spiro atoms. The summed E-state index contributed by atoms with van der Waals surface area (Å²) in [6.07, 6.45) is 3.00. The van der Waals surface area contributed by atoms with Gasteiger partial charge in [0.15, 0.2) is 5.82 Å². The van der Waals surface area contributed by atoms with Crippen LogP contribution in [0.3, 0.4) is 0 Å². The molecule has 0 aliphatic heterocycles. The fraction of sp³-hybridized carbons (Fsp3) is 0.143. The van der Waals surface area contributed by atoms with Crippen LogP contribution in [0, 0.1) is 24.0 Å². The second kappa shape index (κ2) is 5.48. The smallest absolute Gasteiger partial charge is 0.311 e. The van der Waals surface area contributed by atoms with Gasteiger partial charge in [0.25, 0.3) is 0 Å². The Bertz CT molecular complexity index is 696. The van der Waals surface area contributed by atoms with Crippen molar-refractivity contribution in [3.63, 3.8) is 0 Å². The molecule has 1 aromatic heterocycles. The molecule has 1 heterocycles. The molecule has 0 aliphatic carbocycles. The number of phenols is 1. The van der Waals surface area contributed by atoms with Crippen LogP contribution in [-0.2, 0) is 0 Å². The van der Waals surface area contributed by atoms with E-state index < -0.39 is 10.7 Å². The highest BCUT2D eigenvalue weighted by molar-refractivity contribution is 5.87. The summed E-state index contributed by atoms with van der Waals surface area (Å²) in [6, 6.07) is 6.56. The monoisotopic (exact) mass is 271 g/mol. The molecule has 1 aromatic carbocycles. The number of rotatable bonds is 3. The highest BCUT2D eigenvalue weighted by Crippen LogP contribution is 2.30. The zero-order chi connectivity index (χ0) is 14.7. The SMILES string of the molecule is Cc1ccnc(N=Cc2cc(C)cc([N+](=O)[O-])c2O)c1. The maximum absolute atomic E-state index is 10.8. The maximum atomic E-state index is 10.8. The van der Waals surface area contributed by atoms with Crippen molar-refractivity contribution < 1.29 is 10.0 Å². The molecule has 102 valence electrons. The Hall–Kier alpha value is -2.76. The zero-order valence-corrected chi connectivity index (χ0v) is 11.1. The average Bonchev–Trinajstić information content (AvgIpc) is 2.39. The number of nitro groups is 1. The zero-order valence-electron chi connectivity index (χ0n) is 11.1. The number of hydrogen-bond donors (Lipinski definition) is 1. The number of aliphatic imine (C=N–C) groups is 1. The fourth-order valence-electron chi connectivity index (χ4n) is 1.75. The Morgan fingerprint density at radius 1 is 1.30 bits per heavy atom. The molecule has 0 aliphatic rings. The minimum Gasteiger partial charge on any atom is -0.502 e. The molecule has 0 amide bonds. The molecule has 0 bridgehead atoms. The van der Waals surface area contributed by atoms with Crippen LogP contribution in [-0.4, -0.2) is 21.2 Å². The van der Waals surface area contributed by atoms with E-state index in [1.807, 2.05) is 13.0 Å². The van der Waals surface area contributed by atoms with Crippen molar-refractivity contribution in [2.45, 2.75) is 13.8 Å². The van der Waals surface area contributed by atoms with E-state index in [-0.39, 0.29) is 5.69 Å². The highest BCUT2D eigenvalue weighted by atomic mass is 16.6. The predicted molar refractivity (Wildman–Crippen MR) is 75.7 cm³/mol. The molecular formula is C14H13N3O3. The van der Waals surface area contributed by atoms with Gasteiger partial charge in [-0.25, -0.2) is 9.98 Å². The number of aryl methyl sites for hydroxylation is 2. The molecule has 0 saturated heterocycles. The van der Waals surface area contributed by atoms with Gasteiger partial charge < -0.3 is 5.11 Å². The molecule has 0 saturated carbocycles. The molecule has 20 heavy (non-hydrogen) atoms. The van der Waals surface area contributed by atoms with E-state index in [0.29, 0.717) is 16.9 Å². The third kappa shape index (κ3) is 2.97. The largest absolute Gasteiger partial charge is 0.502 e. The Labute approximate surface area is 115 Å². The summed E-state index contributed by atoms with van der Waals surface area (Å²) in [7, 11) is 0. The maximum Gasteiger partial charge on any atom is 0.311 e. The number of hydrogen-bond acceptors (Lipinski definition) is 5. The summed E-state index contributed by atoms with van der Waals surface area (Å²) in [5.74, 6) is 0.0885. The topological polar surface area (TPSA) is 88.6 Å². The van der Waals surface area contributed by atoms with E-state index in [4.69, 9.17) is 0 Å². The first-order chi connectivity index (χ1) is 9.47. The van der Waals surface area contributed by atoms with Crippen LogP contribution in [0.5, 0.6) is 5.75 Å². The van der Waals surface area contributed by atoms with E-state index in [0.717, 1.165) is 5.56 Å². The molecule has 0 fully saturated rings. The number of phenolic OH excluding ortho intramolecular Hbond substituents is 1. The van der Waals surface area contributed by atoms with Gasteiger partial charge in [-0.3, -0.25) is 10.1 Å². The lowest BCUT2D eigenvalue weighted by molar-refractivity contribution is -0.385. The quantitative estimate of drug-likeness (QED) is 0.528. The van der Waals surface area contributed by atoms with Gasteiger partial charge in [0.2, 0.25) is 5.75 Å². The Morgan fingerprint density at radius 3 is 2.70 bits per heavy atom. The van der Waals surface area contributed by atoms with Gasteiger partial charge in [0.1, 0.15) is 0 Å². The van der Waals surface area contributed by atoms with Crippen LogP contribution in [0.15, 0.2) is 35.5 Å². The van der Waals surface area contributed by atoms with Crippen molar-refractivity contribution in [1.29, 1.82) is 0 Å². The summed E-state index contributed by atoms with van der Waals surface area (Å²) in [5, 5.41) is 20.7. The molecule has 0 unspecified atom stereocenters. The van der Waals surface area contributed by atoms with Gasteiger partial charge in [0.05, 0.1) is 4.92 Å². The van der Waals surface area contributed by atoms with Crippen molar-refractivity contribution in [2.75, 3.05) is 0 Å². The van der Waals surface area contributed by atoms with Gasteiger partial charge in [-0.2, -0.15) is 0 Å². The predicted octanol–water partition coefficient (Wildman–Crippen LogP) is 3.06. The van der Waals surface area contributed by atoms with Crippen molar-refractivity contribution in [3.8, 4) is 5.75 Å². The van der Waals surface area contributed by atoms with Gasteiger partial charge in [0, 0.05) is 24.0 Å². The summed E-state index contributed by atoms with van der Waals surface area (Å²) < 4.78 is 0. The number of pyridine rings is 1. The van der Waals surface area contributed by atoms with Crippen LogP contribution < -0.4 is 0 Å². The molecule has 1 N–H and O–H groups in total. The lowest BCUT2D eigenvalue weighted by atomic mass is 10.1. The molecule has 0 radical (unpaired) electrons. The van der Waals surface area contributed by atoms with E-state index in [1.165, 1.54) is 12.3 Å². The van der Waals surface area contributed by atoms with E-state index in [9.17, 15) is 15.2 Å². The number of nitro benzene ring substituents is 1. The molecule has 2 aromatic rings. The van der Waals surface area contributed by atoms with Gasteiger partial charge in [-0.05, 0) is 43.2 Å². The number of aromatic hydroxyl groups is 1. The Morgan fingerprint density at radius 2 is 2.05 bits per heavy atom. The Balaban J connectivity index is 2.41. The van der Waals surface area contributed by atoms with Crippen LogP contribution in [0.4, 0.5) is 11.5 Å². The lowest BCUT2D eigenvalue weighted by Gasteiger charge is -2.02. The van der Waals surface area contributed by atoms with Gasteiger partial charge >= 0.3 is 5.69 Å². The first kappa shape index (κ1) is 13.7. The molecule has 2 rings (SSSR count). The molecule has 0 atom stereocenters. The van der Waals surface area contributed by atoms with Crippen molar-refractivity contribution in [2.24, 2.45) is 4.99 Å². The van der Waals surface area contributed by atoms with E-state index >= 15 is 0 Å². The summed E-state index contributed by atoms with van der Waals surface area (Å²) in [6.45, 7) is 3.63. The average molecular weight is 271 g/mol. The molecule has 6 heteroatoms. The van der Waals surface area contributed by atoms with Gasteiger partial charge in [-0.1, -0.05) is 0 Å². The molecule has 6 nitrogen and oxygen atoms in total. The van der Waals surface area contributed by atoms with Crippen LogP contribution in [0.1, 0.15) is 16.7 Å². The highest BCUT2D eigenvalue weighted by Gasteiger charge is 2.16. The standard InChI is InChI=1S/C14H13N3O3/c1-9-3-4-15-13(7-9)16-8-11-5-10(2)6-12(14(11)18)17(19)20/h3-8,18H,1-2H3. The number of benzene rings is 1. The summed E-state index contributed by atoms with van der Waals surface area (Å²) in [4.78, 5) is 18.4. The van der Waals surface area contributed by atoms with E-state index in [1.54, 1.807) is 25.3 Å². The van der Waals surface area contributed by atoms with Crippen LogP contribution in [0.2, 0.25) is 0 Å². The third-order valence-electron chi connectivity index (χ3n) is 2.70. The summed E-state index contributed by atoms with van der Waals surface area (Å²) >= 11 is 0. The minimum absolute atomic E-state index is 0.292. The van der Waals surface area contributed by atoms with Crippen molar-refractivity contribution >= 4 is 17.7 Å². The third-order valence-corrected chi connectivity index (χ3v) is 2.70. The molecular weight excluding hydrogens is 258 g/mol. The summed E-state index contributed by atoms with van der Waals surface area (Å²) in [5.41, 5.74) is 1.64. The minimum atomic E-state index is -0.620. The van der Waals surface area contributed by atoms with E-state index in [2.05, 4.69) is 9.98 Å².